The third-order valence-corrected chi connectivity index (χ3v) is 2.23. The molecule has 0 amide bonds. The van der Waals surface area contributed by atoms with Gasteiger partial charge in [-0.15, -0.1) is 0 Å². The summed E-state index contributed by atoms with van der Waals surface area (Å²) >= 11 is 0. The molecule has 92 valence electrons. The van der Waals surface area contributed by atoms with Crippen LogP contribution < -0.4 is 0 Å². The minimum Gasteiger partial charge on any atom is -0.398 e. The summed E-state index contributed by atoms with van der Waals surface area (Å²) < 4.78 is 9.32. The van der Waals surface area contributed by atoms with Crippen molar-refractivity contribution in [2.75, 3.05) is 6.61 Å². The van der Waals surface area contributed by atoms with Crippen molar-refractivity contribution < 1.29 is 29.3 Å². The van der Waals surface area contributed by atoms with Crippen molar-refractivity contribution in [1.29, 1.82) is 0 Å². The van der Waals surface area contributed by atoms with Gasteiger partial charge in [-0.1, -0.05) is 6.42 Å². The molecule has 2 N–H and O–H groups in total. The Kier molecular flexibility index (Phi) is 4.70. The number of cyclic esters (lactones) is 2. The number of hydrogen-bond acceptors (Lipinski definition) is 6. The zero-order valence-electron chi connectivity index (χ0n) is 8.98. The SMILES string of the molecule is O=C1CCC(=O)OC(O)(CCCCCO)O1. The fourth-order valence-electron chi connectivity index (χ4n) is 1.42. The fourth-order valence-corrected chi connectivity index (χ4v) is 1.42. The highest BCUT2D eigenvalue weighted by atomic mass is 16.8. The van der Waals surface area contributed by atoms with Crippen LogP contribution in [0.4, 0.5) is 0 Å². The van der Waals surface area contributed by atoms with Gasteiger partial charge in [0, 0.05) is 6.61 Å². The Morgan fingerprint density at radius 2 is 1.62 bits per heavy atom. The summed E-state index contributed by atoms with van der Waals surface area (Å²) in [5.74, 6) is -3.41. The molecule has 0 unspecified atom stereocenters. The Bertz CT molecular complexity index is 244. The number of aliphatic hydroxyl groups excluding tert-OH is 1. The predicted molar refractivity (Wildman–Crippen MR) is 51.9 cm³/mol. The van der Waals surface area contributed by atoms with Crippen molar-refractivity contribution in [3.63, 3.8) is 0 Å². The van der Waals surface area contributed by atoms with Gasteiger partial charge < -0.3 is 19.7 Å². The molecular formula is C10H16O6. The van der Waals surface area contributed by atoms with Crippen LogP contribution in [-0.2, 0) is 19.1 Å². The molecule has 1 fully saturated rings. The summed E-state index contributed by atoms with van der Waals surface area (Å²) in [7, 11) is 0. The minimum atomic E-state index is -2.12. The number of carbonyl (C=O) groups excluding carboxylic acids is 2. The van der Waals surface area contributed by atoms with Gasteiger partial charge in [-0.05, 0) is 12.8 Å². The highest BCUT2D eigenvalue weighted by Gasteiger charge is 2.38. The van der Waals surface area contributed by atoms with Crippen LogP contribution in [0.15, 0.2) is 0 Å². The number of unbranched alkanes of at least 4 members (excludes halogenated alkanes) is 2. The quantitative estimate of drug-likeness (QED) is 0.514. The lowest BCUT2D eigenvalue weighted by atomic mass is 10.2. The topological polar surface area (TPSA) is 93.1 Å². The Morgan fingerprint density at radius 3 is 2.12 bits per heavy atom. The van der Waals surface area contributed by atoms with Crippen LogP contribution in [-0.4, -0.2) is 34.7 Å². The third kappa shape index (κ3) is 4.16. The molecule has 1 aliphatic heterocycles. The molecule has 1 aliphatic rings. The third-order valence-electron chi connectivity index (χ3n) is 2.23. The Hall–Kier alpha value is -1.14. The Balaban J connectivity index is 2.45. The van der Waals surface area contributed by atoms with Crippen molar-refractivity contribution >= 4 is 11.9 Å². The summed E-state index contributed by atoms with van der Waals surface area (Å²) in [6, 6.07) is 0. The molecule has 0 aromatic rings. The van der Waals surface area contributed by atoms with Gasteiger partial charge in [0.1, 0.15) is 0 Å². The van der Waals surface area contributed by atoms with Crippen LogP contribution >= 0.6 is 0 Å². The number of hydrogen-bond donors (Lipinski definition) is 2. The number of rotatable bonds is 5. The second-order valence-corrected chi connectivity index (χ2v) is 3.70. The second kappa shape index (κ2) is 5.81. The smallest absolute Gasteiger partial charge is 0.373 e. The van der Waals surface area contributed by atoms with Crippen LogP contribution in [0, 0.1) is 0 Å². The van der Waals surface area contributed by atoms with Crippen molar-refractivity contribution in [3.05, 3.63) is 0 Å². The summed E-state index contributed by atoms with van der Waals surface area (Å²) in [6.45, 7) is 0.0675. The maximum absolute atomic E-state index is 11.1. The second-order valence-electron chi connectivity index (χ2n) is 3.70. The van der Waals surface area contributed by atoms with Crippen molar-refractivity contribution in [1.82, 2.24) is 0 Å². The predicted octanol–water partition coefficient (Wildman–Crippen LogP) is 0.0654. The lowest BCUT2D eigenvalue weighted by molar-refractivity contribution is -0.323. The van der Waals surface area contributed by atoms with Crippen LogP contribution in [0.5, 0.6) is 0 Å². The molecule has 0 radical (unpaired) electrons. The number of carbonyl (C=O) groups is 2. The van der Waals surface area contributed by atoms with Crippen LogP contribution in [0.2, 0.25) is 0 Å². The average Bonchev–Trinajstić information content (AvgIpc) is 2.33. The fraction of sp³-hybridized carbons (Fsp3) is 0.800. The van der Waals surface area contributed by atoms with Crippen molar-refractivity contribution in [3.8, 4) is 0 Å². The molecule has 0 spiro atoms. The molecule has 1 saturated heterocycles. The molecule has 0 aromatic carbocycles. The molecule has 16 heavy (non-hydrogen) atoms. The molecule has 0 aliphatic carbocycles. The molecule has 1 rings (SSSR count). The van der Waals surface area contributed by atoms with E-state index in [1.807, 2.05) is 0 Å². The lowest BCUT2D eigenvalue weighted by Crippen LogP contribution is -2.37. The lowest BCUT2D eigenvalue weighted by Gasteiger charge is -2.24. The van der Waals surface area contributed by atoms with E-state index in [2.05, 4.69) is 9.47 Å². The Labute approximate surface area is 93.2 Å². The molecule has 6 nitrogen and oxygen atoms in total. The van der Waals surface area contributed by atoms with Gasteiger partial charge in [0.25, 0.3) is 0 Å². The molecule has 1 heterocycles. The molecular weight excluding hydrogens is 216 g/mol. The summed E-state index contributed by atoms with van der Waals surface area (Å²) in [6.07, 6.45) is 1.64. The number of esters is 2. The highest BCUT2D eigenvalue weighted by Crippen LogP contribution is 2.23. The maximum atomic E-state index is 11.1. The van der Waals surface area contributed by atoms with E-state index in [9.17, 15) is 14.7 Å². The van der Waals surface area contributed by atoms with Crippen LogP contribution in [0.1, 0.15) is 38.5 Å². The van der Waals surface area contributed by atoms with Gasteiger partial charge in [-0.25, -0.2) is 0 Å². The van der Waals surface area contributed by atoms with Crippen molar-refractivity contribution in [2.24, 2.45) is 0 Å². The van der Waals surface area contributed by atoms with E-state index in [0.29, 0.717) is 19.3 Å². The standard InChI is InChI=1S/C10H16O6/c11-7-3-1-2-6-10(14)15-8(12)4-5-9(13)16-10/h11,14H,1-7H2. The van der Waals surface area contributed by atoms with E-state index in [0.717, 1.165) is 0 Å². The number of aliphatic hydroxyl groups is 2. The monoisotopic (exact) mass is 232 g/mol. The van der Waals surface area contributed by atoms with Gasteiger partial charge in [-0.2, -0.15) is 0 Å². The molecule has 0 atom stereocenters. The molecule has 0 saturated carbocycles. The van der Waals surface area contributed by atoms with Gasteiger partial charge in [0.2, 0.25) is 0 Å². The first-order chi connectivity index (χ1) is 7.56. The highest BCUT2D eigenvalue weighted by molar-refractivity contribution is 5.79. The zero-order chi connectivity index (χ0) is 12.0. The van der Waals surface area contributed by atoms with E-state index in [4.69, 9.17) is 5.11 Å². The maximum Gasteiger partial charge on any atom is 0.373 e. The molecule has 6 heteroatoms. The molecule has 0 aromatic heterocycles. The first-order valence-electron chi connectivity index (χ1n) is 5.33. The van der Waals surface area contributed by atoms with Gasteiger partial charge in [0.05, 0.1) is 19.3 Å². The minimum absolute atomic E-state index is 0.0322. The largest absolute Gasteiger partial charge is 0.398 e. The zero-order valence-corrected chi connectivity index (χ0v) is 8.98. The average molecular weight is 232 g/mol. The normalized spacial score (nSPS) is 19.9. The van der Waals surface area contributed by atoms with Gasteiger partial charge >= 0.3 is 17.9 Å². The summed E-state index contributed by atoms with van der Waals surface area (Å²) in [5, 5.41) is 18.3. The summed E-state index contributed by atoms with van der Waals surface area (Å²) in [4.78, 5) is 22.2. The van der Waals surface area contributed by atoms with E-state index in [1.54, 1.807) is 0 Å². The van der Waals surface area contributed by atoms with E-state index in [1.165, 1.54) is 0 Å². The molecule has 0 bridgehead atoms. The van der Waals surface area contributed by atoms with Gasteiger partial charge in [-0.3, -0.25) is 9.59 Å². The van der Waals surface area contributed by atoms with E-state index >= 15 is 0 Å². The van der Waals surface area contributed by atoms with Crippen LogP contribution in [0.3, 0.4) is 0 Å². The van der Waals surface area contributed by atoms with Gasteiger partial charge in [0.15, 0.2) is 0 Å². The first kappa shape index (κ1) is 12.9. The van der Waals surface area contributed by atoms with Crippen molar-refractivity contribution in [2.45, 2.75) is 44.5 Å². The first-order valence-corrected chi connectivity index (χ1v) is 5.33. The van der Waals surface area contributed by atoms with Crippen LogP contribution in [0.25, 0.3) is 0 Å². The number of ether oxygens (including phenoxy) is 2. The Morgan fingerprint density at radius 1 is 1.06 bits per heavy atom. The van der Waals surface area contributed by atoms with E-state index in [-0.39, 0.29) is 25.9 Å². The van der Waals surface area contributed by atoms with E-state index < -0.39 is 17.9 Å². The summed E-state index contributed by atoms with van der Waals surface area (Å²) in [5.41, 5.74) is 0.